The Morgan fingerprint density at radius 2 is 1.64 bits per heavy atom. The van der Waals surface area contributed by atoms with E-state index in [0.29, 0.717) is 42.6 Å². The highest BCUT2D eigenvalue weighted by Gasteiger charge is 2.44. The van der Waals surface area contributed by atoms with E-state index in [1.165, 1.54) is 0 Å². The fourth-order valence-electron chi connectivity index (χ4n) is 5.17. The van der Waals surface area contributed by atoms with Crippen molar-refractivity contribution < 1.29 is 17.6 Å². The SMILES string of the molecule is Cc1ccc(C)c(S(=O)(=O)N2CCC3(CCN(C(=O)c4ccc(C#Cc5ccccc5)o4)C3)CC2)c1. The molecule has 1 spiro atoms. The second kappa shape index (κ2) is 9.61. The predicted octanol–water partition coefficient (Wildman–Crippen LogP) is 4.61. The number of carbonyl (C=O) groups excluding carboxylic acids is 1. The van der Waals surface area contributed by atoms with Gasteiger partial charge in [0.25, 0.3) is 5.91 Å². The number of hydrogen-bond acceptors (Lipinski definition) is 4. The third-order valence-electron chi connectivity index (χ3n) is 7.39. The molecular formula is C29H30N2O4S. The molecule has 2 aliphatic rings. The summed E-state index contributed by atoms with van der Waals surface area (Å²) >= 11 is 0. The van der Waals surface area contributed by atoms with Gasteiger partial charge in [0.2, 0.25) is 10.0 Å². The minimum absolute atomic E-state index is 0.0497. The zero-order valence-corrected chi connectivity index (χ0v) is 21.5. The van der Waals surface area contributed by atoms with E-state index < -0.39 is 10.0 Å². The highest BCUT2D eigenvalue weighted by Crippen LogP contribution is 2.42. The Kier molecular flexibility index (Phi) is 6.50. The fourth-order valence-corrected chi connectivity index (χ4v) is 6.92. The van der Waals surface area contributed by atoms with Crippen LogP contribution in [0, 0.1) is 31.1 Å². The monoisotopic (exact) mass is 502 g/mol. The Labute approximate surface area is 213 Å². The highest BCUT2D eigenvalue weighted by molar-refractivity contribution is 7.89. The van der Waals surface area contributed by atoms with Gasteiger partial charge in [0.05, 0.1) is 4.90 Å². The molecule has 0 aliphatic carbocycles. The van der Waals surface area contributed by atoms with Gasteiger partial charge in [-0.1, -0.05) is 36.3 Å². The maximum absolute atomic E-state index is 13.3. The number of hydrogen-bond donors (Lipinski definition) is 0. The van der Waals surface area contributed by atoms with E-state index in [1.54, 1.807) is 22.5 Å². The zero-order valence-electron chi connectivity index (χ0n) is 20.7. The van der Waals surface area contributed by atoms with Gasteiger partial charge in [-0.2, -0.15) is 4.31 Å². The van der Waals surface area contributed by atoms with Crippen LogP contribution in [0.3, 0.4) is 0 Å². The van der Waals surface area contributed by atoms with Gasteiger partial charge in [-0.15, -0.1) is 0 Å². The first kappa shape index (κ1) is 24.4. The first-order valence-corrected chi connectivity index (χ1v) is 13.7. The number of amides is 1. The van der Waals surface area contributed by atoms with Crippen molar-refractivity contribution in [3.05, 3.63) is 88.9 Å². The van der Waals surface area contributed by atoms with Crippen LogP contribution >= 0.6 is 0 Å². The molecule has 2 saturated heterocycles. The molecule has 0 atom stereocenters. The van der Waals surface area contributed by atoms with Crippen LogP contribution in [-0.4, -0.2) is 49.7 Å². The summed E-state index contributed by atoms with van der Waals surface area (Å²) in [5.41, 5.74) is 2.54. The third-order valence-corrected chi connectivity index (χ3v) is 9.43. The Balaban J connectivity index is 1.22. The molecule has 36 heavy (non-hydrogen) atoms. The van der Waals surface area contributed by atoms with Crippen molar-refractivity contribution in [2.45, 2.75) is 38.0 Å². The number of carbonyl (C=O) groups is 1. The molecule has 186 valence electrons. The predicted molar refractivity (Wildman–Crippen MR) is 138 cm³/mol. The van der Waals surface area contributed by atoms with Gasteiger partial charge in [-0.3, -0.25) is 4.79 Å². The highest BCUT2D eigenvalue weighted by atomic mass is 32.2. The Morgan fingerprint density at radius 3 is 2.39 bits per heavy atom. The maximum Gasteiger partial charge on any atom is 0.289 e. The summed E-state index contributed by atoms with van der Waals surface area (Å²) in [6.07, 6.45) is 2.36. The van der Waals surface area contributed by atoms with Crippen molar-refractivity contribution in [1.82, 2.24) is 9.21 Å². The van der Waals surface area contributed by atoms with Gasteiger partial charge in [0.1, 0.15) is 0 Å². The van der Waals surface area contributed by atoms with Crippen molar-refractivity contribution in [3.8, 4) is 11.8 Å². The summed E-state index contributed by atoms with van der Waals surface area (Å²) < 4.78 is 34.0. The molecule has 1 amide bonds. The van der Waals surface area contributed by atoms with Crippen LogP contribution in [0.2, 0.25) is 0 Å². The molecule has 1 aromatic heterocycles. The average Bonchev–Trinajstić information content (AvgIpc) is 3.52. The van der Waals surface area contributed by atoms with Crippen molar-refractivity contribution in [2.75, 3.05) is 26.2 Å². The summed E-state index contributed by atoms with van der Waals surface area (Å²) in [6, 6.07) is 18.6. The Bertz CT molecular complexity index is 1440. The topological polar surface area (TPSA) is 70.8 Å². The van der Waals surface area contributed by atoms with E-state index in [2.05, 4.69) is 11.8 Å². The van der Waals surface area contributed by atoms with Crippen LogP contribution < -0.4 is 0 Å². The van der Waals surface area contributed by atoms with Crippen LogP contribution in [0.15, 0.2) is 70.0 Å². The summed E-state index contributed by atoms with van der Waals surface area (Å²) in [6.45, 7) is 5.95. The Morgan fingerprint density at radius 1 is 0.917 bits per heavy atom. The number of furan rings is 1. The maximum atomic E-state index is 13.3. The van der Waals surface area contributed by atoms with Gasteiger partial charge in [-0.05, 0) is 85.9 Å². The van der Waals surface area contributed by atoms with Crippen LogP contribution in [0.4, 0.5) is 0 Å². The standard InChI is InChI=1S/C29H30N2O4S/c1-22-8-9-23(2)27(20-22)36(33,34)31-18-15-29(16-19-31)14-17-30(21-29)28(32)26-13-12-25(35-26)11-10-24-6-4-3-5-7-24/h3-9,12-13,20H,14-19,21H2,1-2H3. The summed E-state index contributed by atoms with van der Waals surface area (Å²) in [7, 11) is -3.53. The minimum Gasteiger partial charge on any atom is -0.443 e. The van der Waals surface area contributed by atoms with Gasteiger partial charge >= 0.3 is 0 Å². The molecular weight excluding hydrogens is 472 g/mol. The molecule has 0 radical (unpaired) electrons. The lowest BCUT2D eigenvalue weighted by Gasteiger charge is -2.38. The largest absolute Gasteiger partial charge is 0.443 e. The number of benzene rings is 2. The summed E-state index contributed by atoms with van der Waals surface area (Å²) in [5.74, 6) is 6.63. The van der Waals surface area contributed by atoms with Gasteiger partial charge < -0.3 is 9.32 Å². The number of piperidine rings is 1. The smallest absolute Gasteiger partial charge is 0.289 e. The van der Waals surface area contributed by atoms with Crippen LogP contribution in [-0.2, 0) is 10.0 Å². The number of likely N-dealkylation sites (tertiary alicyclic amines) is 1. The molecule has 2 aliphatic heterocycles. The van der Waals surface area contributed by atoms with Gasteiger partial charge in [-0.25, -0.2) is 8.42 Å². The normalized spacial score (nSPS) is 17.7. The number of rotatable bonds is 3. The fraction of sp³-hybridized carbons (Fsp3) is 0.345. The molecule has 0 N–H and O–H groups in total. The lowest BCUT2D eigenvalue weighted by Crippen LogP contribution is -2.44. The molecule has 0 bridgehead atoms. The lowest BCUT2D eigenvalue weighted by atomic mass is 9.78. The molecule has 3 heterocycles. The van der Waals surface area contributed by atoms with Crippen LogP contribution in [0.5, 0.6) is 0 Å². The zero-order chi connectivity index (χ0) is 25.3. The molecule has 7 heteroatoms. The van der Waals surface area contributed by atoms with Crippen molar-refractivity contribution in [3.63, 3.8) is 0 Å². The van der Waals surface area contributed by atoms with Crippen molar-refractivity contribution in [1.29, 1.82) is 0 Å². The van der Waals surface area contributed by atoms with Gasteiger partial charge in [0, 0.05) is 31.7 Å². The van der Waals surface area contributed by atoms with Crippen LogP contribution in [0.1, 0.15) is 52.3 Å². The molecule has 0 saturated carbocycles. The molecule has 2 aromatic carbocycles. The van der Waals surface area contributed by atoms with E-state index in [0.717, 1.165) is 36.0 Å². The van der Waals surface area contributed by atoms with E-state index in [4.69, 9.17) is 4.42 Å². The van der Waals surface area contributed by atoms with E-state index in [-0.39, 0.29) is 11.3 Å². The van der Waals surface area contributed by atoms with Gasteiger partial charge in [0.15, 0.2) is 11.5 Å². The molecule has 0 unspecified atom stereocenters. The molecule has 2 fully saturated rings. The van der Waals surface area contributed by atoms with E-state index in [1.807, 2.05) is 61.2 Å². The quantitative estimate of drug-likeness (QED) is 0.491. The third kappa shape index (κ3) is 4.84. The first-order valence-electron chi connectivity index (χ1n) is 12.3. The minimum atomic E-state index is -3.53. The summed E-state index contributed by atoms with van der Waals surface area (Å²) in [4.78, 5) is 15.3. The number of nitrogens with zero attached hydrogens (tertiary/aromatic N) is 2. The molecule has 5 rings (SSSR count). The second-order valence-electron chi connectivity index (χ2n) is 9.93. The average molecular weight is 503 g/mol. The van der Waals surface area contributed by atoms with Crippen LogP contribution in [0.25, 0.3) is 0 Å². The van der Waals surface area contributed by atoms with E-state index in [9.17, 15) is 13.2 Å². The molecule has 6 nitrogen and oxygen atoms in total. The molecule has 3 aromatic rings. The first-order chi connectivity index (χ1) is 17.3. The van der Waals surface area contributed by atoms with Crippen molar-refractivity contribution >= 4 is 15.9 Å². The number of aryl methyl sites for hydroxylation is 2. The number of sulfonamides is 1. The summed E-state index contributed by atoms with van der Waals surface area (Å²) in [5, 5.41) is 0. The Hall–Kier alpha value is -3.34. The van der Waals surface area contributed by atoms with Crippen molar-refractivity contribution in [2.24, 2.45) is 5.41 Å². The lowest BCUT2D eigenvalue weighted by molar-refractivity contribution is 0.0719. The van der Waals surface area contributed by atoms with E-state index >= 15 is 0 Å². The second-order valence-corrected chi connectivity index (χ2v) is 11.8.